The number of carbonyl (C=O) groups is 2. The highest BCUT2D eigenvalue weighted by atomic mass is 32.2. The number of thioether (sulfide) groups is 1. The van der Waals surface area contributed by atoms with Crippen molar-refractivity contribution in [3.8, 4) is 11.5 Å². The Morgan fingerprint density at radius 1 is 1.13 bits per heavy atom. The van der Waals surface area contributed by atoms with Gasteiger partial charge in [-0.2, -0.15) is 0 Å². The number of nitrogens with zero attached hydrogens (tertiary/aromatic N) is 2. The van der Waals surface area contributed by atoms with Crippen molar-refractivity contribution in [3.05, 3.63) is 59.8 Å². The molecule has 2 aromatic carbocycles. The lowest BCUT2D eigenvalue weighted by Gasteiger charge is -2.18. The second kappa shape index (κ2) is 10.7. The maximum atomic E-state index is 13.2. The Bertz CT molecular complexity index is 1000. The average molecular weight is 440 g/mol. The Hall–Kier alpha value is -3.26. The molecule has 0 aliphatic carbocycles. The molecule has 0 saturated heterocycles. The number of anilines is 1. The summed E-state index contributed by atoms with van der Waals surface area (Å²) >= 11 is 1.22. The van der Waals surface area contributed by atoms with E-state index in [4.69, 9.17) is 9.47 Å². The van der Waals surface area contributed by atoms with Crippen LogP contribution < -0.4 is 19.7 Å². The highest BCUT2D eigenvalue weighted by molar-refractivity contribution is 8.14. The zero-order valence-corrected chi connectivity index (χ0v) is 18.6. The standard InChI is InChI=1S/C23H25N3O4S/c1-4-12-24-21(27)15-31-23-25-20(13-16-8-10-18(29-2)11-9-16)22(28)26(23)17-6-5-7-19(14-17)30-3/h5-11,13-14H,4,12,15H2,1-3H3,(H,24,27)/b20-13-. The largest absolute Gasteiger partial charge is 0.497 e. The first-order chi connectivity index (χ1) is 15.0. The molecule has 0 fully saturated rings. The number of rotatable bonds is 8. The molecule has 7 nitrogen and oxygen atoms in total. The van der Waals surface area contributed by atoms with Gasteiger partial charge in [-0.1, -0.05) is 36.9 Å². The van der Waals surface area contributed by atoms with Gasteiger partial charge in [0, 0.05) is 12.6 Å². The fourth-order valence-corrected chi connectivity index (χ4v) is 3.72. The van der Waals surface area contributed by atoms with Gasteiger partial charge in [-0.3, -0.25) is 14.5 Å². The van der Waals surface area contributed by atoms with Crippen LogP contribution in [0.5, 0.6) is 11.5 Å². The van der Waals surface area contributed by atoms with Crippen LogP contribution in [0.3, 0.4) is 0 Å². The minimum atomic E-state index is -0.263. The van der Waals surface area contributed by atoms with Gasteiger partial charge in [0.1, 0.15) is 17.2 Å². The first-order valence-corrected chi connectivity index (χ1v) is 10.9. The summed E-state index contributed by atoms with van der Waals surface area (Å²) in [5.41, 5.74) is 1.75. The lowest BCUT2D eigenvalue weighted by atomic mass is 10.2. The summed E-state index contributed by atoms with van der Waals surface area (Å²) in [4.78, 5) is 31.4. The molecule has 162 valence electrons. The van der Waals surface area contributed by atoms with Crippen molar-refractivity contribution in [3.63, 3.8) is 0 Å². The van der Waals surface area contributed by atoms with E-state index in [9.17, 15) is 9.59 Å². The van der Waals surface area contributed by atoms with Crippen LogP contribution in [-0.2, 0) is 9.59 Å². The fraction of sp³-hybridized carbons (Fsp3) is 0.261. The number of nitrogens with one attached hydrogen (secondary N) is 1. The molecule has 1 N–H and O–H groups in total. The van der Waals surface area contributed by atoms with Gasteiger partial charge in [0.15, 0.2) is 5.17 Å². The minimum absolute atomic E-state index is 0.0971. The van der Waals surface area contributed by atoms with Gasteiger partial charge >= 0.3 is 0 Å². The highest BCUT2D eigenvalue weighted by Crippen LogP contribution is 2.31. The van der Waals surface area contributed by atoms with E-state index in [1.165, 1.54) is 16.7 Å². The fourth-order valence-electron chi connectivity index (χ4n) is 2.87. The molecule has 3 rings (SSSR count). The van der Waals surface area contributed by atoms with Crippen molar-refractivity contribution in [2.75, 3.05) is 31.4 Å². The third-order valence-corrected chi connectivity index (χ3v) is 5.40. The van der Waals surface area contributed by atoms with Crippen molar-refractivity contribution in [2.45, 2.75) is 13.3 Å². The summed E-state index contributed by atoms with van der Waals surface area (Å²) in [5, 5.41) is 3.29. The smallest absolute Gasteiger partial charge is 0.283 e. The molecule has 0 aromatic heterocycles. The van der Waals surface area contributed by atoms with E-state index in [2.05, 4.69) is 10.3 Å². The van der Waals surface area contributed by atoms with E-state index < -0.39 is 0 Å². The molecular weight excluding hydrogens is 414 g/mol. The highest BCUT2D eigenvalue weighted by Gasteiger charge is 2.32. The van der Waals surface area contributed by atoms with Gasteiger partial charge < -0.3 is 14.8 Å². The van der Waals surface area contributed by atoms with Gasteiger partial charge in [-0.25, -0.2) is 4.99 Å². The summed E-state index contributed by atoms with van der Waals surface area (Å²) in [6, 6.07) is 14.5. The van der Waals surface area contributed by atoms with Gasteiger partial charge in [-0.15, -0.1) is 0 Å². The third-order valence-electron chi connectivity index (χ3n) is 4.46. The number of amides is 2. The number of hydrogen-bond donors (Lipinski definition) is 1. The average Bonchev–Trinajstić information content (AvgIpc) is 3.11. The molecule has 0 unspecified atom stereocenters. The minimum Gasteiger partial charge on any atom is -0.497 e. The van der Waals surface area contributed by atoms with Crippen LogP contribution in [0, 0.1) is 0 Å². The third kappa shape index (κ3) is 5.67. The van der Waals surface area contributed by atoms with Crippen LogP contribution in [0.25, 0.3) is 6.08 Å². The van der Waals surface area contributed by atoms with Gasteiger partial charge in [0.2, 0.25) is 5.91 Å². The first-order valence-electron chi connectivity index (χ1n) is 9.88. The second-order valence-corrected chi connectivity index (χ2v) is 7.62. The molecule has 31 heavy (non-hydrogen) atoms. The molecule has 0 spiro atoms. The topological polar surface area (TPSA) is 80.2 Å². The van der Waals surface area contributed by atoms with Crippen molar-refractivity contribution in [1.29, 1.82) is 0 Å². The maximum absolute atomic E-state index is 13.2. The Morgan fingerprint density at radius 2 is 1.87 bits per heavy atom. The molecule has 0 bridgehead atoms. The maximum Gasteiger partial charge on any atom is 0.283 e. The van der Waals surface area contributed by atoms with Crippen LogP contribution in [0.1, 0.15) is 18.9 Å². The lowest BCUT2D eigenvalue weighted by Crippen LogP contribution is -2.32. The van der Waals surface area contributed by atoms with Crippen LogP contribution in [0.15, 0.2) is 59.2 Å². The summed E-state index contributed by atoms with van der Waals surface area (Å²) in [7, 11) is 3.17. The summed E-state index contributed by atoms with van der Waals surface area (Å²) in [6.07, 6.45) is 2.58. The Labute approximate surface area is 186 Å². The van der Waals surface area contributed by atoms with Gasteiger partial charge in [-0.05, 0) is 42.3 Å². The molecular formula is C23H25N3O4S. The Morgan fingerprint density at radius 3 is 2.55 bits per heavy atom. The molecule has 2 amide bonds. The normalized spacial score (nSPS) is 14.5. The second-order valence-electron chi connectivity index (χ2n) is 6.68. The SMILES string of the molecule is CCCNC(=O)CSC1=N/C(=C\c2ccc(OC)cc2)C(=O)N1c1cccc(OC)c1. The van der Waals surface area contributed by atoms with E-state index in [1.807, 2.05) is 43.3 Å². The van der Waals surface area contributed by atoms with Crippen molar-refractivity contribution < 1.29 is 19.1 Å². The predicted octanol–water partition coefficient (Wildman–Crippen LogP) is 3.71. The monoisotopic (exact) mass is 439 g/mol. The molecule has 0 saturated carbocycles. The summed E-state index contributed by atoms with van der Waals surface area (Å²) < 4.78 is 10.5. The number of methoxy groups -OCH3 is 2. The molecule has 1 heterocycles. The quantitative estimate of drug-likeness (QED) is 0.635. The number of carbonyl (C=O) groups excluding carboxylic acids is 2. The molecule has 0 atom stereocenters. The molecule has 1 aliphatic heterocycles. The number of hydrogen-bond acceptors (Lipinski definition) is 6. The van der Waals surface area contributed by atoms with Crippen molar-refractivity contribution >= 4 is 40.5 Å². The van der Waals surface area contributed by atoms with E-state index in [0.29, 0.717) is 28.8 Å². The lowest BCUT2D eigenvalue weighted by molar-refractivity contribution is -0.118. The van der Waals surface area contributed by atoms with E-state index in [1.54, 1.807) is 32.4 Å². The van der Waals surface area contributed by atoms with Crippen LogP contribution in [0.2, 0.25) is 0 Å². The molecule has 1 aliphatic rings. The number of amidine groups is 1. The van der Waals surface area contributed by atoms with E-state index in [-0.39, 0.29) is 17.6 Å². The molecule has 0 radical (unpaired) electrons. The number of benzene rings is 2. The predicted molar refractivity (Wildman–Crippen MR) is 125 cm³/mol. The van der Waals surface area contributed by atoms with Crippen LogP contribution >= 0.6 is 11.8 Å². The van der Waals surface area contributed by atoms with E-state index in [0.717, 1.165) is 17.7 Å². The zero-order valence-electron chi connectivity index (χ0n) is 17.8. The van der Waals surface area contributed by atoms with Crippen molar-refractivity contribution in [1.82, 2.24) is 5.32 Å². The van der Waals surface area contributed by atoms with Crippen LogP contribution in [-0.4, -0.2) is 43.5 Å². The number of ether oxygens (including phenoxy) is 2. The van der Waals surface area contributed by atoms with E-state index >= 15 is 0 Å². The summed E-state index contributed by atoms with van der Waals surface area (Å²) in [6.45, 7) is 2.61. The van der Waals surface area contributed by atoms with Gasteiger partial charge in [0.05, 0.1) is 25.7 Å². The van der Waals surface area contributed by atoms with Crippen molar-refractivity contribution in [2.24, 2.45) is 4.99 Å². The van der Waals surface area contributed by atoms with Gasteiger partial charge in [0.25, 0.3) is 5.91 Å². The molecule has 2 aromatic rings. The Kier molecular flexibility index (Phi) is 7.72. The first kappa shape index (κ1) is 22.4. The number of aliphatic imine (C=N–C) groups is 1. The Balaban J connectivity index is 1.89. The zero-order chi connectivity index (χ0) is 22.2. The summed E-state index contributed by atoms with van der Waals surface area (Å²) in [5.74, 6) is 1.17. The van der Waals surface area contributed by atoms with Crippen LogP contribution in [0.4, 0.5) is 5.69 Å². The molecule has 8 heteroatoms.